The zero-order chi connectivity index (χ0) is 13.9. The van der Waals surface area contributed by atoms with Gasteiger partial charge >= 0.3 is 0 Å². The Morgan fingerprint density at radius 3 is 2.85 bits per heavy atom. The first-order chi connectivity index (χ1) is 9.01. The molecule has 2 unspecified atom stereocenters. The van der Waals surface area contributed by atoms with E-state index in [1.165, 1.54) is 0 Å². The molecule has 0 aromatic heterocycles. The fraction of sp³-hybridized carbons (Fsp3) is 0.533. The molecule has 112 valence electrons. The van der Waals surface area contributed by atoms with Gasteiger partial charge in [0.1, 0.15) is 0 Å². The van der Waals surface area contributed by atoms with Crippen LogP contribution >= 0.6 is 28.3 Å². The van der Waals surface area contributed by atoms with E-state index in [4.69, 9.17) is 0 Å². The molecule has 20 heavy (non-hydrogen) atoms. The summed E-state index contributed by atoms with van der Waals surface area (Å²) in [4.78, 5) is 12.4. The van der Waals surface area contributed by atoms with E-state index < -0.39 is 0 Å². The normalized spacial score (nSPS) is 23.6. The Morgan fingerprint density at radius 2 is 2.25 bits per heavy atom. The highest BCUT2D eigenvalue weighted by Crippen LogP contribution is 2.27. The molecule has 1 aromatic rings. The van der Waals surface area contributed by atoms with Crippen molar-refractivity contribution < 1.29 is 4.79 Å². The number of hydrogen-bond donors (Lipinski definition) is 2. The summed E-state index contributed by atoms with van der Waals surface area (Å²) < 4.78 is 1.04. The molecule has 2 N–H and O–H groups in total. The van der Waals surface area contributed by atoms with Gasteiger partial charge in [0.05, 0.1) is 11.5 Å². The Bertz CT molecular complexity index is 461. The first kappa shape index (κ1) is 17.5. The lowest BCUT2D eigenvalue weighted by atomic mass is 9.81. The van der Waals surface area contributed by atoms with Crippen LogP contribution in [-0.2, 0) is 4.79 Å². The SMILES string of the molecule is CC(NC(=O)C1(C)CCCNC1)c1cccc(Br)c1.Cl. The number of nitrogens with one attached hydrogen (secondary N) is 2. The van der Waals surface area contributed by atoms with Gasteiger partial charge in [-0.25, -0.2) is 0 Å². The standard InChI is InChI=1S/C15H21BrN2O.ClH/c1-11(12-5-3-6-13(16)9-12)18-14(19)15(2)7-4-8-17-10-15;/h3,5-6,9,11,17H,4,7-8,10H2,1-2H3,(H,18,19);1H. The van der Waals surface area contributed by atoms with Crippen LogP contribution < -0.4 is 10.6 Å². The number of piperidine rings is 1. The minimum atomic E-state index is -0.279. The highest BCUT2D eigenvalue weighted by molar-refractivity contribution is 9.10. The van der Waals surface area contributed by atoms with Crippen molar-refractivity contribution in [1.29, 1.82) is 0 Å². The summed E-state index contributed by atoms with van der Waals surface area (Å²) in [5, 5.41) is 6.44. The number of rotatable bonds is 3. The summed E-state index contributed by atoms with van der Waals surface area (Å²) in [6.45, 7) is 5.86. The van der Waals surface area contributed by atoms with Crippen LogP contribution in [0.2, 0.25) is 0 Å². The van der Waals surface area contributed by atoms with Crippen molar-refractivity contribution in [2.24, 2.45) is 5.41 Å². The molecule has 1 amide bonds. The van der Waals surface area contributed by atoms with Gasteiger partial charge in [0.25, 0.3) is 0 Å². The minimum absolute atomic E-state index is 0. The van der Waals surface area contributed by atoms with Crippen LogP contribution in [0.3, 0.4) is 0 Å². The van der Waals surface area contributed by atoms with Crippen LogP contribution in [0.4, 0.5) is 0 Å². The topological polar surface area (TPSA) is 41.1 Å². The molecule has 0 spiro atoms. The van der Waals surface area contributed by atoms with E-state index in [-0.39, 0.29) is 29.8 Å². The van der Waals surface area contributed by atoms with Crippen molar-refractivity contribution in [3.05, 3.63) is 34.3 Å². The van der Waals surface area contributed by atoms with Crippen molar-refractivity contribution >= 4 is 34.2 Å². The molecule has 0 aliphatic carbocycles. The van der Waals surface area contributed by atoms with Crippen LogP contribution in [0.1, 0.15) is 38.3 Å². The average Bonchev–Trinajstić information content (AvgIpc) is 2.39. The second-order valence-corrected chi connectivity index (χ2v) is 6.51. The average molecular weight is 362 g/mol. The molecular formula is C15H22BrClN2O. The van der Waals surface area contributed by atoms with Crippen molar-refractivity contribution in [1.82, 2.24) is 10.6 Å². The number of benzene rings is 1. The lowest BCUT2D eigenvalue weighted by Crippen LogP contribution is -2.49. The number of halogens is 2. The zero-order valence-electron chi connectivity index (χ0n) is 11.9. The number of amides is 1. The van der Waals surface area contributed by atoms with Crippen molar-refractivity contribution in [2.75, 3.05) is 13.1 Å². The molecule has 1 fully saturated rings. The third-order valence-electron chi connectivity index (χ3n) is 3.84. The minimum Gasteiger partial charge on any atom is -0.349 e. The van der Waals surface area contributed by atoms with Crippen LogP contribution in [0.25, 0.3) is 0 Å². The second kappa shape index (κ2) is 7.43. The third-order valence-corrected chi connectivity index (χ3v) is 4.33. The highest BCUT2D eigenvalue weighted by Gasteiger charge is 2.35. The molecule has 0 saturated carbocycles. The summed E-state index contributed by atoms with van der Waals surface area (Å²) >= 11 is 3.46. The number of hydrogen-bond acceptors (Lipinski definition) is 2. The molecule has 0 radical (unpaired) electrons. The molecule has 1 aliphatic heterocycles. The Morgan fingerprint density at radius 1 is 1.50 bits per heavy atom. The van der Waals surface area contributed by atoms with E-state index in [2.05, 4.69) is 26.6 Å². The van der Waals surface area contributed by atoms with Gasteiger partial charge in [-0.1, -0.05) is 28.1 Å². The van der Waals surface area contributed by atoms with Gasteiger partial charge in [0, 0.05) is 11.0 Å². The second-order valence-electron chi connectivity index (χ2n) is 5.59. The smallest absolute Gasteiger partial charge is 0.227 e. The van der Waals surface area contributed by atoms with Gasteiger partial charge in [0.2, 0.25) is 5.91 Å². The van der Waals surface area contributed by atoms with E-state index in [1.54, 1.807) is 0 Å². The lowest BCUT2D eigenvalue weighted by molar-refractivity contribution is -0.131. The molecule has 5 heteroatoms. The predicted molar refractivity (Wildman–Crippen MR) is 88.2 cm³/mol. The van der Waals surface area contributed by atoms with E-state index in [0.29, 0.717) is 0 Å². The van der Waals surface area contributed by atoms with Gasteiger partial charge in [-0.2, -0.15) is 0 Å². The summed E-state index contributed by atoms with van der Waals surface area (Å²) in [6, 6.07) is 8.10. The summed E-state index contributed by atoms with van der Waals surface area (Å²) in [7, 11) is 0. The molecular weight excluding hydrogens is 340 g/mol. The Kier molecular flexibility index (Phi) is 6.49. The van der Waals surface area contributed by atoms with Gasteiger partial charge in [-0.15, -0.1) is 12.4 Å². The number of carbonyl (C=O) groups is 1. The lowest BCUT2D eigenvalue weighted by Gasteiger charge is -2.33. The third kappa shape index (κ3) is 4.21. The Labute approximate surface area is 135 Å². The maximum Gasteiger partial charge on any atom is 0.227 e. The number of carbonyl (C=O) groups excluding carboxylic acids is 1. The molecule has 3 nitrogen and oxygen atoms in total. The maximum atomic E-state index is 12.4. The summed E-state index contributed by atoms with van der Waals surface area (Å²) in [6.07, 6.45) is 2.02. The van der Waals surface area contributed by atoms with Gasteiger partial charge in [-0.05, 0) is 50.9 Å². The fourth-order valence-electron chi connectivity index (χ4n) is 2.48. The molecule has 1 aliphatic rings. The van der Waals surface area contributed by atoms with Crippen molar-refractivity contribution in [2.45, 2.75) is 32.7 Å². The first-order valence-electron chi connectivity index (χ1n) is 6.78. The molecule has 1 heterocycles. The van der Waals surface area contributed by atoms with Crippen molar-refractivity contribution in [3.8, 4) is 0 Å². The molecule has 1 aromatic carbocycles. The first-order valence-corrected chi connectivity index (χ1v) is 7.58. The van der Waals surface area contributed by atoms with Gasteiger partial charge in [0.15, 0.2) is 0 Å². The van der Waals surface area contributed by atoms with Crippen LogP contribution in [0.15, 0.2) is 28.7 Å². The zero-order valence-corrected chi connectivity index (χ0v) is 14.3. The van der Waals surface area contributed by atoms with E-state index in [9.17, 15) is 4.79 Å². The predicted octanol–water partition coefficient (Wildman–Crippen LogP) is 3.44. The van der Waals surface area contributed by atoms with E-state index in [1.807, 2.05) is 38.1 Å². The highest BCUT2D eigenvalue weighted by atomic mass is 79.9. The molecule has 2 atom stereocenters. The molecule has 2 rings (SSSR count). The van der Waals surface area contributed by atoms with E-state index in [0.717, 1.165) is 36.0 Å². The van der Waals surface area contributed by atoms with E-state index >= 15 is 0 Å². The Balaban J connectivity index is 0.00000200. The summed E-state index contributed by atoms with van der Waals surface area (Å²) in [5.41, 5.74) is 0.841. The maximum absolute atomic E-state index is 12.4. The fourth-order valence-corrected chi connectivity index (χ4v) is 2.90. The Hall–Kier alpha value is -0.580. The summed E-state index contributed by atoms with van der Waals surface area (Å²) in [5.74, 6) is 0.146. The van der Waals surface area contributed by atoms with Crippen LogP contribution in [0.5, 0.6) is 0 Å². The molecule has 0 bridgehead atoms. The van der Waals surface area contributed by atoms with Crippen molar-refractivity contribution in [3.63, 3.8) is 0 Å². The van der Waals surface area contributed by atoms with Gasteiger partial charge in [-0.3, -0.25) is 4.79 Å². The largest absolute Gasteiger partial charge is 0.349 e. The van der Waals surface area contributed by atoms with Crippen LogP contribution in [-0.4, -0.2) is 19.0 Å². The monoisotopic (exact) mass is 360 g/mol. The quantitative estimate of drug-likeness (QED) is 0.866. The van der Waals surface area contributed by atoms with Crippen LogP contribution in [0, 0.1) is 5.41 Å². The molecule has 1 saturated heterocycles. The van der Waals surface area contributed by atoms with Gasteiger partial charge < -0.3 is 10.6 Å².